The lowest BCUT2D eigenvalue weighted by Gasteiger charge is -1.72. The van der Waals surface area contributed by atoms with Crippen molar-refractivity contribution >= 4 is 11.6 Å². The molecule has 0 aromatic heterocycles. The molecule has 0 nitrogen and oxygen atoms in total. The zero-order valence-electron chi connectivity index (χ0n) is 3.74. The van der Waals surface area contributed by atoms with Gasteiger partial charge < -0.3 is 0 Å². The Balaban J connectivity index is 3.41. The highest BCUT2D eigenvalue weighted by Gasteiger charge is 1.67. The summed E-state index contributed by atoms with van der Waals surface area (Å²) in [5.41, 5.74) is 0. The highest BCUT2D eigenvalue weighted by Crippen LogP contribution is 1.95. The van der Waals surface area contributed by atoms with E-state index in [9.17, 15) is 0 Å². The minimum Gasteiger partial charge on any atom is -0.0990 e. The molecule has 0 rings (SSSR count). The summed E-state index contributed by atoms with van der Waals surface area (Å²) in [7, 11) is 0. The molecule has 0 aliphatic rings. The van der Waals surface area contributed by atoms with Gasteiger partial charge in [0.25, 0.3) is 0 Å². The molecule has 0 atom stereocenters. The quantitative estimate of drug-likeness (QED) is 0.446. The zero-order valence-corrected chi connectivity index (χ0v) is 4.50. The van der Waals surface area contributed by atoms with Crippen molar-refractivity contribution in [3.8, 4) is 0 Å². The first-order valence-electron chi connectivity index (χ1n) is 1.72. The van der Waals surface area contributed by atoms with E-state index in [1.165, 1.54) is 0 Å². The highest BCUT2D eigenvalue weighted by molar-refractivity contribution is 6.29. The van der Waals surface area contributed by atoms with Gasteiger partial charge in [0.1, 0.15) is 0 Å². The Morgan fingerprint density at radius 3 is 2.33 bits per heavy atom. The number of allylic oxidation sites excluding steroid dienone is 3. The second-order valence-electron chi connectivity index (χ2n) is 0.989. The molecule has 0 radical (unpaired) electrons. The van der Waals surface area contributed by atoms with Gasteiger partial charge in [-0.15, -0.1) is 0 Å². The average Bonchev–Trinajstić information content (AvgIpc) is 1.35. The summed E-state index contributed by atoms with van der Waals surface area (Å²) < 4.78 is 0. The fourth-order valence-corrected chi connectivity index (χ4v) is 0.251. The summed E-state index contributed by atoms with van der Waals surface area (Å²) in [4.78, 5) is 0. The van der Waals surface area contributed by atoms with Crippen molar-refractivity contribution in [2.24, 2.45) is 0 Å². The van der Waals surface area contributed by atoms with Crippen molar-refractivity contribution < 1.29 is 0 Å². The van der Waals surface area contributed by atoms with Crippen LogP contribution in [0.1, 0.15) is 6.92 Å². The van der Waals surface area contributed by atoms with Gasteiger partial charge in [-0.2, -0.15) is 0 Å². The maximum absolute atomic E-state index is 5.37. The number of hydrogen-bond donors (Lipinski definition) is 0. The fraction of sp³-hybridized carbons (Fsp3) is 0.200. The molecule has 0 amide bonds. The monoisotopic (exact) mass is 102 g/mol. The first kappa shape index (κ1) is 5.77. The van der Waals surface area contributed by atoms with E-state index in [2.05, 4.69) is 6.58 Å². The van der Waals surface area contributed by atoms with Gasteiger partial charge in [0.15, 0.2) is 0 Å². The second kappa shape index (κ2) is 2.98. The number of rotatable bonds is 1. The Bertz CT molecular complexity index is 68.0. The van der Waals surface area contributed by atoms with E-state index in [1.807, 2.05) is 6.92 Å². The van der Waals surface area contributed by atoms with Crippen LogP contribution in [0.2, 0.25) is 0 Å². The molecule has 34 valence electrons. The fourth-order valence-electron chi connectivity index (χ4n) is 0.162. The van der Waals surface area contributed by atoms with Gasteiger partial charge in [-0.25, -0.2) is 0 Å². The molecule has 0 spiro atoms. The molecule has 0 aromatic rings. The normalized spacial score (nSPS) is 11.3. The Hall–Kier alpha value is -0.230. The maximum atomic E-state index is 5.37. The summed E-state index contributed by atoms with van der Waals surface area (Å²) in [5.74, 6) is 0. The van der Waals surface area contributed by atoms with Gasteiger partial charge in [-0.1, -0.05) is 24.3 Å². The van der Waals surface area contributed by atoms with Gasteiger partial charge in [0, 0.05) is 5.03 Å². The predicted molar refractivity (Wildman–Crippen MR) is 29.8 cm³/mol. The van der Waals surface area contributed by atoms with Crippen molar-refractivity contribution in [3.05, 3.63) is 23.8 Å². The predicted octanol–water partition coefficient (Wildman–Crippen LogP) is 2.32. The standard InChI is InChI=1S/C5H7Cl/c1-3-4-5(2)6/h3-4H,1H2,2H3/b5-4-. The van der Waals surface area contributed by atoms with Gasteiger partial charge in [-0.05, 0) is 13.0 Å². The summed E-state index contributed by atoms with van der Waals surface area (Å²) in [5, 5.41) is 0.769. The van der Waals surface area contributed by atoms with Gasteiger partial charge >= 0.3 is 0 Å². The van der Waals surface area contributed by atoms with Crippen LogP contribution >= 0.6 is 11.6 Å². The van der Waals surface area contributed by atoms with E-state index >= 15 is 0 Å². The first-order chi connectivity index (χ1) is 2.77. The van der Waals surface area contributed by atoms with E-state index < -0.39 is 0 Å². The van der Waals surface area contributed by atoms with E-state index in [1.54, 1.807) is 12.2 Å². The van der Waals surface area contributed by atoms with Crippen LogP contribution in [-0.2, 0) is 0 Å². The lowest BCUT2D eigenvalue weighted by Crippen LogP contribution is -1.48. The van der Waals surface area contributed by atoms with Crippen molar-refractivity contribution in [3.63, 3.8) is 0 Å². The molecule has 0 N–H and O–H groups in total. The SMILES string of the molecule is C=C/C=C(/C)Cl. The Kier molecular flexibility index (Phi) is 2.87. The molecule has 0 saturated heterocycles. The first-order valence-corrected chi connectivity index (χ1v) is 2.10. The third-order valence-corrected chi connectivity index (χ3v) is 0.474. The van der Waals surface area contributed by atoms with Crippen LogP contribution in [0.3, 0.4) is 0 Å². The molecular weight excluding hydrogens is 95.5 g/mol. The molecule has 0 heterocycles. The summed E-state index contributed by atoms with van der Waals surface area (Å²) >= 11 is 5.37. The topological polar surface area (TPSA) is 0 Å². The van der Waals surface area contributed by atoms with Crippen LogP contribution < -0.4 is 0 Å². The molecule has 0 aliphatic heterocycles. The lowest BCUT2D eigenvalue weighted by molar-refractivity contribution is 1.67. The number of halogens is 1. The van der Waals surface area contributed by atoms with Crippen LogP contribution in [0.15, 0.2) is 23.8 Å². The van der Waals surface area contributed by atoms with E-state index in [4.69, 9.17) is 11.6 Å². The van der Waals surface area contributed by atoms with Gasteiger partial charge in [0.2, 0.25) is 0 Å². The van der Waals surface area contributed by atoms with E-state index in [0.29, 0.717) is 0 Å². The van der Waals surface area contributed by atoms with Crippen LogP contribution in [0.5, 0.6) is 0 Å². The minimum absolute atomic E-state index is 0.769. The average molecular weight is 103 g/mol. The molecular formula is C5H7Cl. The molecule has 0 saturated carbocycles. The van der Waals surface area contributed by atoms with Gasteiger partial charge in [-0.3, -0.25) is 0 Å². The molecule has 0 fully saturated rings. The van der Waals surface area contributed by atoms with Crippen molar-refractivity contribution in [2.75, 3.05) is 0 Å². The third-order valence-electron chi connectivity index (χ3n) is 0.348. The van der Waals surface area contributed by atoms with Crippen LogP contribution in [0.25, 0.3) is 0 Å². The molecule has 1 heteroatoms. The van der Waals surface area contributed by atoms with Crippen molar-refractivity contribution in [1.29, 1.82) is 0 Å². The summed E-state index contributed by atoms with van der Waals surface area (Å²) in [6, 6.07) is 0. The smallest absolute Gasteiger partial charge is 0.0149 e. The Morgan fingerprint density at radius 1 is 1.83 bits per heavy atom. The zero-order chi connectivity index (χ0) is 4.99. The van der Waals surface area contributed by atoms with Crippen LogP contribution in [-0.4, -0.2) is 0 Å². The van der Waals surface area contributed by atoms with Crippen LogP contribution in [0.4, 0.5) is 0 Å². The van der Waals surface area contributed by atoms with Crippen molar-refractivity contribution in [1.82, 2.24) is 0 Å². The molecule has 0 bridgehead atoms. The summed E-state index contributed by atoms with van der Waals surface area (Å²) in [6.45, 7) is 5.25. The highest BCUT2D eigenvalue weighted by atomic mass is 35.5. The minimum atomic E-state index is 0.769. The maximum Gasteiger partial charge on any atom is 0.0149 e. The Labute approximate surface area is 43.1 Å². The molecule has 0 aromatic carbocycles. The largest absolute Gasteiger partial charge is 0.0990 e. The van der Waals surface area contributed by atoms with Crippen molar-refractivity contribution in [2.45, 2.75) is 6.92 Å². The lowest BCUT2D eigenvalue weighted by atomic mass is 10.5. The third kappa shape index (κ3) is 3.77. The van der Waals surface area contributed by atoms with E-state index in [-0.39, 0.29) is 0 Å². The van der Waals surface area contributed by atoms with E-state index in [0.717, 1.165) is 5.03 Å². The second-order valence-corrected chi connectivity index (χ2v) is 1.59. The summed E-state index contributed by atoms with van der Waals surface area (Å²) in [6.07, 6.45) is 3.39. The van der Waals surface area contributed by atoms with Gasteiger partial charge in [0.05, 0.1) is 0 Å². The molecule has 0 unspecified atom stereocenters. The molecule has 0 aliphatic carbocycles. The Morgan fingerprint density at radius 2 is 2.33 bits per heavy atom. The van der Waals surface area contributed by atoms with Crippen LogP contribution in [0, 0.1) is 0 Å². The number of hydrogen-bond acceptors (Lipinski definition) is 0. The molecule has 6 heavy (non-hydrogen) atoms.